The molecule has 0 atom stereocenters. The van der Waals surface area contributed by atoms with Crippen LogP contribution in [0.4, 0.5) is 45.3 Å². The van der Waals surface area contributed by atoms with E-state index in [9.17, 15) is 44.3 Å². The second-order valence-electron chi connectivity index (χ2n) is 10.2. The Kier molecular flexibility index (Phi) is 15.3. The number of halogens is 10. The summed E-state index contributed by atoms with van der Waals surface area (Å²) >= 11 is 7.56. The lowest BCUT2D eigenvalue weighted by Crippen LogP contribution is -2.49. The lowest BCUT2D eigenvalue weighted by molar-refractivity contribution is -0.193. The van der Waals surface area contributed by atoms with Gasteiger partial charge in [-0.2, -0.15) is 39.5 Å². The number of piperazine rings is 1. The van der Waals surface area contributed by atoms with Crippen molar-refractivity contribution in [3.05, 3.63) is 70.6 Å². The molecule has 0 saturated carbocycles. The number of aromatic nitrogens is 3. The van der Waals surface area contributed by atoms with E-state index >= 15 is 0 Å². The average molecular weight is 807 g/mol. The van der Waals surface area contributed by atoms with Crippen LogP contribution in [0.5, 0.6) is 0 Å². The van der Waals surface area contributed by atoms with Gasteiger partial charge in [-0.15, -0.1) is 11.3 Å². The summed E-state index contributed by atoms with van der Waals surface area (Å²) in [6, 6.07) is 13.8. The summed E-state index contributed by atoms with van der Waals surface area (Å²) in [5, 5.41) is 22.2. The molecule has 1 aromatic carbocycles. The van der Waals surface area contributed by atoms with Gasteiger partial charge in [0.15, 0.2) is 0 Å². The summed E-state index contributed by atoms with van der Waals surface area (Å²) in [6.45, 7) is 3.07. The van der Waals surface area contributed by atoms with Crippen LogP contribution in [0, 0.1) is 0 Å². The summed E-state index contributed by atoms with van der Waals surface area (Å²) in [5.41, 5.74) is 9.72. The van der Waals surface area contributed by atoms with Crippen LogP contribution in [0.3, 0.4) is 0 Å². The second kappa shape index (κ2) is 18.5. The maximum atomic E-state index is 12.8. The van der Waals surface area contributed by atoms with Crippen molar-refractivity contribution in [2.45, 2.75) is 31.6 Å². The van der Waals surface area contributed by atoms with Crippen LogP contribution in [0.25, 0.3) is 21.3 Å². The highest BCUT2D eigenvalue weighted by Gasteiger charge is 2.39. The first-order chi connectivity index (χ1) is 24.4. The Labute approximate surface area is 300 Å². The highest BCUT2D eigenvalue weighted by atomic mass is 35.5. The summed E-state index contributed by atoms with van der Waals surface area (Å²) in [7, 11) is 0. The van der Waals surface area contributed by atoms with Gasteiger partial charge in [0.1, 0.15) is 12.1 Å². The number of carbonyl (C=O) groups excluding carboxylic acids is 1. The Morgan fingerprint density at radius 1 is 0.792 bits per heavy atom. The third kappa shape index (κ3) is 14.7. The molecule has 3 aromatic heterocycles. The fourth-order valence-electron chi connectivity index (χ4n) is 3.86. The van der Waals surface area contributed by atoms with Gasteiger partial charge in [0.2, 0.25) is 5.91 Å². The molecule has 5 rings (SSSR count). The lowest BCUT2D eigenvalue weighted by atomic mass is 10.1. The molecule has 0 aliphatic carbocycles. The van der Waals surface area contributed by atoms with E-state index in [-0.39, 0.29) is 5.91 Å². The fraction of sp³-hybridized carbons (Fsp3) is 0.276. The third-order valence-corrected chi connectivity index (χ3v) is 7.58. The number of nitrogens with two attached hydrogens (primary N) is 1. The molecule has 24 heteroatoms. The van der Waals surface area contributed by atoms with Crippen molar-refractivity contribution in [1.82, 2.24) is 24.8 Å². The van der Waals surface area contributed by atoms with E-state index in [0.29, 0.717) is 32.0 Å². The van der Waals surface area contributed by atoms with Crippen LogP contribution in [-0.4, -0.2) is 102 Å². The minimum absolute atomic E-state index is 0.114. The number of pyridine rings is 1. The zero-order chi connectivity index (χ0) is 40.3. The van der Waals surface area contributed by atoms with Crippen molar-refractivity contribution < 1.29 is 74.0 Å². The van der Waals surface area contributed by atoms with Gasteiger partial charge in [-0.1, -0.05) is 23.7 Å². The van der Waals surface area contributed by atoms with Crippen LogP contribution in [0.15, 0.2) is 55.0 Å². The summed E-state index contributed by atoms with van der Waals surface area (Å²) in [6.07, 6.45) is -11.9. The molecule has 0 unspecified atom stereocenters. The molecule has 0 bridgehead atoms. The van der Waals surface area contributed by atoms with E-state index in [1.54, 1.807) is 0 Å². The number of carbonyl (C=O) groups is 4. The molecule has 13 nitrogen and oxygen atoms in total. The Morgan fingerprint density at radius 3 is 1.81 bits per heavy atom. The van der Waals surface area contributed by atoms with Gasteiger partial charge in [0.25, 0.3) is 0 Å². The highest BCUT2D eigenvalue weighted by Crippen LogP contribution is 2.30. The van der Waals surface area contributed by atoms with Gasteiger partial charge in [0, 0.05) is 48.2 Å². The molecule has 288 valence electrons. The van der Waals surface area contributed by atoms with E-state index in [1.807, 2.05) is 47.5 Å². The molecule has 0 spiro atoms. The number of anilines is 1. The maximum Gasteiger partial charge on any atom is 0.490 e. The molecule has 0 radical (unpaired) electrons. The first kappa shape index (κ1) is 43.9. The smallest absolute Gasteiger partial charge is 0.475 e. The zero-order valence-corrected chi connectivity index (χ0v) is 27.8. The van der Waals surface area contributed by atoms with Crippen molar-refractivity contribution in [3.63, 3.8) is 0 Å². The van der Waals surface area contributed by atoms with Crippen LogP contribution >= 0.6 is 22.9 Å². The first-order valence-corrected chi connectivity index (χ1v) is 15.2. The molecule has 4 aromatic rings. The van der Waals surface area contributed by atoms with Crippen molar-refractivity contribution in [2.75, 3.05) is 25.4 Å². The molecule has 1 aliphatic rings. The molecule has 1 fully saturated rings. The number of hydrogen-bond donors (Lipinski definition) is 4. The lowest BCUT2D eigenvalue weighted by Gasteiger charge is -2.34. The molecule has 1 amide bonds. The van der Waals surface area contributed by atoms with E-state index in [0.717, 1.165) is 43.5 Å². The molecular weight excluding hydrogens is 783 g/mol. The highest BCUT2D eigenvalue weighted by molar-refractivity contribution is 7.19. The number of thiophene rings is 1. The molecular formula is C29H24ClF9N6O7S. The van der Waals surface area contributed by atoms with Gasteiger partial charge in [0.05, 0.1) is 22.1 Å². The Bertz CT molecular complexity index is 1830. The Hall–Kier alpha value is -5.29. The minimum atomic E-state index is -5.08. The number of amides is 1. The minimum Gasteiger partial charge on any atom is -0.475 e. The van der Waals surface area contributed by atoms with Gasteiger partial charge in [-0.3, -0.25) is 14.7 Å². The van der Waals surface area contributed by atoms with E-state index in [1.165, 1.54) is 17.7 Å². The van der Waals surface area contributed by atoms with Crippen LogP contribution in [0.2, 0.25) is 4.34 Å². The average Bonchev–Trinajstić information content (AvgIpc) is 3.48. The summed E-state index contributed by atoms with van der Waals surface area (Å²) < 4.78 is 96.0. The van der Waals surface area contributed by atoms with Crippen LogP contribution < -0.4 is 5.73 Å². The zero-order valence-electron chi connectivity index (χ0n) is 26.2. The number of alkyl halides is 9. The number of fused-ring (bicyclic) bond motifs is 1. The number of nitrogens with zero attached hydrogens (tertiary/aromatic N) is 5. The Balaban J connectivity index is 0.000000379. The summed E-state index contributed by atoms with van der Waals surface area (Å²) in [5.74, 6) is -7.69. The molecule has 5 N–H and O–H groups in total. The number of hydrogen-bond acceptors (Lipinski definition) is 10. The van der Waals surface area contributed by atoms with Crippen LogP contribution in [-0.2, 0) is 32.3 Å². The maximum absolute atomic E-state index is 12.8. The van der Waals surface area contributed by atoms with Gasteiger partial charge in [-0.05, 0) is 35.9 Å². The SMILES string of the molecule is Nc1ncnc2cc(CN3CCN(Cc4ccc(-c5ccc(Cl)s5)cn4)CC3=O)ccc12.O=C(O)C(F)(F)F.O=C(O)C(F)(F)F.O=C(O)C(F)(F)F. The molecule has 1 saturated heterocycles. The van der Waals surface area contributed by atoms with Gasteiger partial charge in [-0.25, -0.2) is 24.4 Å². The van der Waals surface area contributed by atoms with E-state index in [2.05, 4.69) is 25.9 Å². The van der Waals surface area contributed by atoms with Gasteiger partial charge >= 0.3 is 36.4 Å². The van der Waals surface area contributed by atoms with Crippen molar-refractivity contribution >= 4 is 63.5 Å². The van der Waals surface area contributed by atoms with Crippen LogP contribution in [0.1, 0.15) is 11.3 Å². The standard InChI is InChI=1S/C23H21ClN6OS.3C2HF3O2/c24-21-6-5-20(32-21)16-2-3-17(26-10-16)12-29-7-8-30(22(31)13-29)11-15-1-4-18-19(9-15)27-14-28-23(18)25;3*3-2(4,5)1(6)7/h1-6,9-10,14H,7-8,11-13H2,(H2,25,27,28);3*(H,6,7). The predicted octanol–water partition coefficient (Wildman–Crippen LogP) is 5.73. The largest absolute Gasteiger partial charge is 0.490 e. The fourth-order valence-corrected chi connectivity index (χ4v) is 4.90. The summed E-state index contributed by atoms with van der Waals surface area (Å²) in [4.78, 5) is 57.5. The number of aliphatic carboxylic acids is 3. The van der Waals surface area contributed by atoms with Gasteiger partial charge < -0.3 is 26.0 Å². The Morgan fingerprint density at radius 2 is 1.36 bits per heavy atom. The monoisotopic (exact) mass is 806 g/mol. The third-order valence-electron chi connectivity index (χ3n) is 6.30. The quantitative estimate of drug-likeness (QED) is 0.179. The predicted molar refractivity (Wildman–Crippen MR) is 168 cm³/mol. The molecule has 4 heterocycles. The number of rotatable bonds is 5. The first-order valence-electron chi connectivity index (χ1n) is 14.0. The van der Waals surface area contributed by atoms with Crippen molar-refractivity contribution in [3.8, 4) is 10.4 Å². The van der Waals surface area contributed by atoms with Crippen molar-refractivity contribution in [1.29, 1.82) is 0 Å². The number of carboxylic acids is 3. The molecule has 53 heavy (non-hydrogen) atoms. The normalized spacial score (nSPS) is 13.5. The molecule has 1 aliphatic heterocycles. The van der Waals surface area contributed by atoms with E-state index in [4.69, 9.17) is 47.0 Å². The number of nitrogen functional groups attached to an aromatic ring is 1. The second-order valence-corrected chi connectivity index (χ2v) is 11.9. The number of benzene rings is 1. The topological polar surface area (TPSA) is 200 Å². The van der Waals surface area contributed by atoms with Crippen molar-refractivity contribution in [2.24, 2.45) is 0 Å². The number of carboxylic acid groups (broad SMARTS) is 3. The van der Waals surface area contributed by atoms with E-state index < -0.39 is 36.4 Å².